The van der Waals surface area contributed by atoms with Crippen molar-refractivity contribution in [3.63, 3.8) is 0 Å². The quantitative estimate of drug-likeness (QED) is 0.446. The summed E-state index contributed by atoms with van der Waals surface area (Å²) in [4.78, 5) is 26.8. The first kappa shape index (κ1) is 20.6. The predicted molar refractivity (Wildman–Crippen MR) is 109 cm³/mol. The van der Waals surface area contributed by atoms with Crippen LogP contribution in [0.25, 0.3) is 5.76 Å². The summed E-state index contributed by atoms with van der Waals surface area (Å²) in [6.07, 6.45) is -0.821. The molecule has 0 saturated carbocycles. The Labute approximate surface area is 170 Å². The molecule has 0 spiro atoms. The number of aliphatic hydroxyl groups is 2. The normalized spacial score (nSPS) is 19.4. The molecule has 152 valence electrons. The van der Waals surface area contributed by atoms with Gasteiger partial charge in [-0.05, 0) is 38.5 Å². The maximum atomic E-state index is 12.8. The van der Waals surface area contributed by atoms with Crippen molar-refractivity contribution < 1.29 is 24.5 Å². The molecule has 1 fully saturated rings. The number of amides is 1. The lowest BCUT2D eigenvalue weighted by Gasteiger charge is -2.26. The smallest absolute Gasteiger partial charge is 0.295 e. The molecule has 2 aromatic carbocycles. The van der Waals surface area contributed by atoms with Crippen molar-refractivity contribution in [1.82, 2.24) is 4.90 Å². The van der Waals surface area contributed by atoms with Gasteiger partial charge in [-0.15, -0.1) is 0 Å². The molecule has 6 nitrogen and oxygen atoms in total. The molecule has 1 aliphatic rings. The van der Waals surface area contributed by atoms with Crippen molar-refractivity contribution in [2.75, 3.05) is 13.2 Å². The van der Waals surface area contributed by atoms with Gasteiger partial charge >= 0.3 is 0 Å². The van der Waals surface area contributed by atoms with Crippen molar-refractivity contribution in [3.05, 3.63) is 70.8 Å². The number of hydrogen-bond donors (Lipinski definition) is 2. The third kappa shape index (κ3) is 4.17. The number of aryl methyl sites for hydroxylation is 1. The maximum absolute atomic E-state index is 12.8. The predicted octanol–water partition coefficient (Wildman–Crippen LogP) is 3.20. The van der Waals surface area contributed by atoms with Crippen molar-refractivity contribution in [3.8, 4) is 5.75 Å². The Morgan fingerprint density at radius 2 is 1.72 bits per heavy atom. The first-order valence-corrected chi connectivity index (χ1v) is 9.59. The highest BCUT2D eigenvalue weighted by atomic mass is 16.5. The second-order valence-corrected chi connectivity index (χ2v) is 7.17. The van der Waals surface area contributed by atoms with Crippen molar-refractivity contribution in [1.29, 1.82) is 0 Å². The van der Waals surface area contributed by atoms with Crippen LogP contribution in [0.4, 0.5) is 0 Å². The zero-order valence-electron chi connectivity index (χ0n) is 16.8. The summed E-state index contributed by atoms with van der Waals surface area (Å²) in [6, 6.07) is 13.3. The Balaban J connectivity index is 2.13. The van der Waals surface area contributed by atoms with E-state index in [0.717, 1.165) is 5.56 Å². The molecule has 2 N–H and O–H groups in total. The number of β-amino-alcohol motifs (C(OH)–C–C–N with tert-alkyl or cyclic N) is 1. The van der Waals surface area contributed by atoms with Crippen LogP contribution < -0.4 is 4.74 Å². The minimum atomic E-state index is -0.821. The molecule has 0 aliphatic carbocycles. The molecule has 1 amide bonds. The topological polar surface area (TPSA) is 87.1 Å². The summed E-state index contributed by atoms with van der Waals surface area (Å²) in [7, 11) is 0. The number of benzene rings is 2. The molecule has 0 aromatic heterocycles. The summed E-state index contributed by atoms with van der Waals surface area (Å²) < 4.78 is 5.46. The fraction of sp³-hybridized carbons (Fsp3) is 0.304. The highest BCUT2D eigenvalue weighted by molar-refractivity contribution is 6.46. The van der Waals surface area contributed by atoms with Gasteiger partial charge in [-0.1, -0.05) is 42.0 Å². The Morgan fingerprint density at radius 3 is 2.28 bits per heavy atom. The van der Waals surface area contributed by atoms with E-state index in [1.807, 2.05) is 26.0 Å². The van der Waals surface area contributed by atoms with E-state index in [1.165, 1.54) is 4.90 Å². The van der Waals surface area contributed by atoms with Gasteiger partial charge in [-0.2, -0.15) is 0 Å². The number of ether oxygens (including phenoxy) is 1. The fourth-order valence-electron chi connectivity index (χ4n) is 3.48. The van der Waals surface area contributed by atoms with E-state index in [1.54, 1.807) is 43.3 Å². The van der Waals surface area contributed by atoms with Gasteiger partial charge in [0.05, 0.1) is 24.3 Å². The van der Waals surface area contributed by atoms with Gasteiger partial charge in [0.25, 0.3) is 11.7 Å². The number of aliphatic hydroxyl groups excluding tert-OH is 2. The van der Waals surface area contributed by atoms with Crippen LogP contribution in [0.15, 0.2) is 54.1 Å². The summed E-state index contributed by atoms with van der Waals surface area (Å²) >= 11 is 0. The number of Topliss-reactive ketones (excluding diaryl/α,β-unsaturated/α-hetero) is 1. The lowest BCUT2D eigenvalue weighted by molar-refractivity contribution is -0.140. The van der Waals surface area contributed by atoms with Crippen molar-refractivity contribution in [2.24, 2.45) is 0 Å². The van der Waals surface area contributed by atoms with Crippen molar-refractivity contribution in [2.45, 2.75) is 32.9 Å². The SMILES string of the molecule is CCOc1ccc([C@@H]2C(=C(O)c3ccc(C)cc3)C(=O)C(=O)N2C[C@H](C)O)cc1. The minimum absolute atomic E-state index is 0.0173. The van der Waals surface area contributed by atoms with Crippen LogP contribution in [0.2, 0.25) is 0 Å². The molecule has 1 saturated heterocycles. The Morgan fingerprint density at radius 1 is 1.10 bits per heavy atom. The summed E-state index contributed by atoms with van der Waals surface area (Å²) in [5.41, 5.74) is 2.14. The third-order valence-electron chi connectivity index (χ3n) is 4.83. The molecule has 2 aromatic rings. The summed E-state index contributed by atoms with van der Waals surface area (Å²) in [5.74, 6) is -1.06. The number of rotatable bonds is 6. The second kappa shape index (κ2) is 8.49. The minimum Gasteiger partial charge on any atom is -0.507 e. The van der Waals surface area contributed by atoms with E-state index in [0.29, 0.717) is 23.5 Å². The summed E-state index contributed by atoms with van der Waals surface area (Å²) in [5, 5.41) is 20.8. The van der Waals surface area contributed by atoms with E-state index in [-0.39, 0.29) is 17.9 Å². The average Bonchev–Trinajstić information content (AvgIpc) is 2.93. The van der Waals surface area contributed by atoms with Crippen LogP contribution >= 0.6 is 0 Å². The number of carbonyl (C=O) groups excluding carboxylic acids is 2. The molecular formula is C23H25NO5. The van der Waals surface area contributed by atoms with Gasteiger partial charge < -0.3 is 19.8 Å². The highest BCUT2D eigenvalue weighted by Gasteiger charge is 2.46. The standard InChI is InChI=1S/C23H25NO5/c1-4-29-18-11-9-16(10-12-18)20-19(21(26)17-7-5-14(2)6-8-17)22(27)23(28)24(20)13-15(3)25/h5-12,15,20,25-26H,4,13H2,1-3H3/t15-,20+/m0/s1. The number of likely N-dealkylation sites (tertiary alicyclic amines) is 1. The van der Waals surface area contributed by atoms with Crippen LogP contribution in [0, 0.1) is 6.92 Å². The monoisotopic (exact) mass is 395 g/mol. The van der Waals surface area contributed by atoms with E-state index in [4.69, 9.17) is 4.74 Å². The van der Waals surface area contributed by atoms with Gasteiger partial charge in [-0.3, -0.25) is 9.59 Å². The van der Waals surface area contributed by atoms with Crippen molar-refractivity contribution >= 4 is 17.4 Å². The third-order valence-corrected chi connectivity index (χ3v) is 4.83. The van der Waals surface area contributed by atoms with E-state index in [2.05, 4.69) is 0 Å². The zero-order chi connectivity index (χ0) is 21.1. The van der Waals surface area contributed by atoms with Gasteiger partial charge in [-0.25, -0.2) is 0 Å². The molecule has 6 heteroatoms. The Kier molecular flexibility index (Phi) is 6.03. The molecule has 0 unspecified atom stereocenters. The molecule has 1 heterocycles. The molecule has 0 radical (unpaired) electrons. The van der Waals surface area contributed by atoms with Crippen LogP contribution in [0.1, 0.15) is 36.6 Å². The van der Waals surface area contributed by atoms with Gasteiger partial charge in [0.2, 0.25) is 0 Å². The molecule has 0 bridgehead atoms. The van der Waals surface area contributed by atoms with Gasteiger partial charge in [0.15, 0.2) is 0 Å². The lowest BCUT2D eigenvalue weighted by Crippen LogP contribution is -2.35. The number of nitrogens with zero attached hydrogens (tertiary/aromatic N) is 1. The highest BCUT2D eigenvalue weighted by Crippen LogP contribution is 2.39. The van der Waals surface area contributed by atoms with Crippen LogP contribution in [0.5, 0.6) is 5.75 Å². The van der Waals surface area contributed by atoms with Crippen LogP contribution in [-0.2, 0) is 9.59 Å². The molecular weight excluding hydrogens is 370 g/mol. The Bertz CT molecular complexity index is 929. The molecule has 1 aliphatic heterocycles. The zero-order valence-corrected chi connectivity index (χ0v) is 16.8. The Hall–Kier alpha value is -3.12. The van der Waals surface area contributed by atoms with E-state index in [9.17, 15) is 19.8 Å². The van der Waals surface area contributed by atoms with Gasteiger partial charge in [0.1, 0.15) is 11.5 Å². The largest absolute Gasteiger partial charge is 0.507 e. The molecule has 3 rings (SSSR count). The number of carbonyl (C=O) groups is 2. The average molecular weight is 395 g/mol. The number of ketones is 1. The first-order valence-electron chi connectivity index (χ1n) is 9.59. The van der Waals surface area contributed by atoms with E-state index >= 15 is 0 Å². The summed E-state index contributed by atoms with van der Waals surface area (Å²) in [6.45, 7) is 5.85. The lowest BCUT2D eigenvalue weighted by atomic mass is 9.95. The van der Waals surface area contributed by atoms with E-state index < -0.39 is 23.8 Å². The fourth-order valence-corrected chi connectivity index (χ4v) is 3.48. The maximum Gasteiger partial charge on any atom is 0.295 e. The van der Waals surface area contributed by atoms with Crippen LogP contribution in [-0.4, -0.2) is 46.1 Å². The molecule has 29 heavy (non-hydrogen) atoms. The second-order valence-electron chi connectivity index (χ2n) is 7.17. The van der Waals surface area contributed by atoms with Crippen LogP contribution in [0.3, 0.4) is 0 Å². The van der Waals surface area contributed by atoms with Gasteiger partial charge in [0, 0.05) is 12.1 Å². The first-order chi connectivity index (χ1) is 13.8. The number of hydrogen-bond acceptors (Lipinski definition) is 5. The molecule has 2 atom stereocenters.